The van der Waals surface area contributed by atoms with E-state index in [1.54, 1.807) is 30.5 Å². The third kappa shape index (κ3) is 4.11. The van der Waals surface area contributed by atoms with Gasteiger partial charge in [-0.15, -0.1) is 11.3 Å². The van der Waals surface area contributed by atoms with Gasteiger partial charge in [0.05, 0.1) is 37.5 Å². The molecule has 1 amide bonds. The molecule has 5 nitrogen and oxygen atoms in total. The summed E-state index contributed by atoms with van der Waals surface area (Å²) in [7, 11) is 5.05. The number of amides is 1. The van der Waals surface area contributed by atoms with Crippen molar-refractivity contribution in [3.8, 4) is 22.8 Å². The van der Waals surface area contributed by atoms with Crippen LogP contribution in [0.15, 0.2) is 60.0 Å². The molecule has 0 fully saturated rings. The van der Waals surface area contributed by atoms with Gasteiger partial charge in [-0.25, -0.2) is 4.98 Å². The number of hydrogen-bond donors (Lipinski definition) is 0. The van der Waals surface area contributed by atoms with E-state index in [0.717, 1.165) is 16.5 Å². The maximum absolute atomic E-state index is 13.5. The number of carbonyl (C=O) groups is 1. The molecule has 0 aliphatic rings. The maximum Gasteiger partial charge on any atom is 0.254 e. The molecule has 2 aromatic heterocycles. The Bertz CT molecular complexity index is 1250. The van der Waals surface area contributed by atoms with Gasteiger partial charge in [0.1, 0.15) is 0 Å². The van der Waals surface area contributed by atoms with Crippen LogP contribution in [0, 0.1) is 6.92 Å². The van der Waals surface area contributed by atoms with Crippen LogP contribution in [0.2, 0.25) is 0 Å². The SMILES string of the molecule is COc1ccc(-c2cc(C(=O)N(C)Cc3sccc3C)c3ccccc3n2)cc1OC. The first-order chi connectivity index (χ1) is 15.0. The lowest BCUT2D eigenvalue weighted by Crippen LogP contribution is -2.26. The van der Waals surface area contributed by atoms with Crippen LogP contribution in [-0.2, 0) is 6.54 Å². The minimum Gasteiger partial charge on any atom is -0.493 e. The summed E-state index contributed by atoms with van der Waals surface area (Å²) < 4.78 is 10.8. The number of nitrogens with zero attached hydrogens (tertiary/aromatic N) is 2. The van der Waals surface area contributed by atoms with E-state index >= 15 is 0 Å². The third-order valence-electron chi connectivity index (χ3n) is 5.32. The van der Waals surface area contributed by atoms with Crippen LogP contribution in [0.1, 0.15) is 20.8 Å². The second kappa shape index (κ2) is 8.78. The summed E-state index contributed by atoms with van der Waals surface area (Å²) in [5, 5.41) is 2.89. The van der Waals surface area contributed by atoms with Crippen molar-refractivity contribution < 1.29 is 14.3 Å². The van der Waals surface area contributed by atoms with Crippen molar-refractivity contribution in [2.45, 2.75) is 13.5 Å². The Morgan fingerprint density at radius 2 is 1.81 bits per heavy atom. The largest absolute Gasteiger partial charge is 0.493 e. The Morgan fingerprint density at radius 3 is 2.52 bits per heavy atom. The molecule has 0 N–H and O–H groups in total. The molecule has 0 saturated carbocycles. The van der Waals surface area contributed by atoms with Crippen molar-refractivity contribution in [1.29, 1.82) is 0 Å². The highest BCUT2D eigenvalue weighted by molar-refractivity contribution is 7.10. The Kier molecular flexibility index (Phi) is 5.91. The van der Waals surface area contributed by atoms with E-state index < -0.39 is 0 Å². The van der Waals surface area contributed by atoms with Crippen LogP contribution in [0.25, 0.3) is 22.2 Å². The summed E-state index contributed by atoms with van der Waals surface area (Å²) in [6.07, 6.45) is 0. The molecule has 31 heavy (non-hydrogen) atoms. The summed E-state index contributed by atoms with van der Waals surface area (Å²) in [5.41, 5.74) is 4.18. The highest BCUT2D eigenvalue weighted by atomic mass is 32.1. The first-order valence-corrected chi connectivity index (χ1v) is 10.8. The lowest BCUT2D eigenvalue weighted by atomic mass is 10.0. The number of methoxy groups -OCH3 is 2. The minimum atomic E-state index is -0.0341. The number of ether oxygens (including phenoxy) is 2. The van der Waals surface area contributed by atoms with Crippen LogP contribution >= 0.6 is 11.3 Å². The number of benzene rings is 2. The van der Waals surface area contributed by atoms with Crippen molar-refractivity contribution in [2.24, 2.45) is 0 Å². The van der Waals surface area contributed by atoms with Gasteiger partial charge in [-0.3, -0.25) is 4.79 Å². The van der Waals surface area contributed by atoms with Crippen molar-refractivity contribution in [3.05, 3.63) is 76.0 Å². The van der Waals surface area contributed by atoms with E-state index in [9.17, 15) is 4.79 Å². The zero-order chi connectivity index (χ0) is 22.0. The molecule has 0 spiro atoms. The van der Waals surface area contributed by atoms with E-state index in [1.807, 2.05) is 55.6 Å². The number of rotatable bonds is 6. The number of thiophene rings is 1. The average Bonchev–Trinajstić information content (AvgIpc) is 3.21. The van der Waals surface area contributed by atoms with Gasteiger partial charge in [-0.1, -0.05) is 18.2 Å². The van der Waals surface area contributed by atoms with Crippen LogP contribution in [0.4, 0.5) is 0 Å². The van der Waals surface area contributed by atoms with E-state index in [2.05, 4.69) is 18.4 Å². The molecule has 0 saturated heterocycles. The summed E-state index contributed by atoms with van der Waals surface area (Å²) >= 11 is 1.67. The van der Waals surface area contributed by atoms with Crippen molar-refractivity contribution in [3.63, 3.8) is 0 Å². The van der Waals surface area contributed by atoms with Gasteiger partial charge < -0.3 is 14.4 Å². The van der Waals surface area contributed by atoms with Gasteiger partial charge in [-0.2, -0.15) is 0 Å². The number of carbonyl (C=O) groups excluding carboxylic acids is 1. The van der Waals surface area contributed by atoms with Crippen LogP contribution < -0.4 is 9.47 Å². The molecule has 0 radical (unpaired) electrons. The van der Waals surface area contributed by atoms with Crippen molar-refractivity contribution in [1.82, 2.24) is 9.88 Å². The standard InChI is InChI=1S/C25H24N2O3S/c1-16-11-12-31-24(16)15-27(2)25(28)19-14-21(26-20-8-6-5-7-18(19)20)17-9-10-22(29-3)23(13-17)30-4/h5-14H,15H2,1-4H3. The molecule has 0 aliphatic carbocycles. The lowest BCUT2D eigenvalue weighted by molar-refractivity contribution is 0.0788. The maximum atomic E-state index is 13.5. The molecule has 0 bridgehead atoms. The quantitative estimate of drug-likeness (QED) is 0.400. The fraction of sp³-hybridized carbons (Fsp3) is 0.200. The molecule has 0 unspecified atom stereocenters. The Balaban J connectivity index is 1.78. The van der Waals surface area contributed by atoms with Gasteiger partial charge in [-0.05, 0) is 54.3 Å². The highest BCUT2D eigenvalue weighted by Gasteiger charge is 2.19. The summed E-state index contributed by atoms with van der Waals surface area (Å²) in [6.45, 7) is 2.64. The Morgan fingerprint density at radius 1 is 1.03 bits per heavy atom. The fourth-order valence-electron chi connectivity index (χ4n) is 3.55. The summed E-state index contributed by atoms with van der Waals surface area (Å²) in [4.78, 5) is 21.2. The van der Waals surface area contributed by atoms with Gasteiger partial charge in [0.15, 0.2) is 11.5 Å². The van der Waals surface area contributed by atoms with E-state index in [0.29, 0.717) is 29.3 Å². The number of pyridine rings is 1. The molecule has 4 aromatic rings. The smallest absolute Gasteiger partial charge is 0.254 e. The zero-order valence-electron chi connectivity index (χ0n) is 18.0. The molecule has 2 aromatic carbocycles. The van der Waals surface area contributed by atoms with E-state index in [1.165, 1.54) is 10.4 Å². The predicted molar refractivity (Wildman–Crippen MR) is 125 cm³/mol. The topological polar surface area (TPSA) is 51.7 Å². The Labute approximate surface area is 185 Å². The first kappa shape index (κ1) is 20.9. The monoisotopic (exact) mass is 432 g/mol. The fourth-order valence-corrected chi connectivity index (χ4v) is 4.51. The molecule has 2 heterocycles. The Hall–Kier alpha value is -3.38. The van der Waals surface area contributed by atoms with Gasteiger partial charge in [0, 0.05) is 22.9 Å². The molecule has 6 heteroatoms. The number of hydrogen-bond acceptors (Lipinski definition) is 5. The van der Waals surface area contributed by atoms with Crippen molar-refractivity contribution in [2.75, 3.05) is 21.3 Å². The van der Waals surface area contributed by atoms with Crippen LogP contribution in [-0.4, -0.2) is 37.1 Å². The van der Waals surface area contributed by atoms with Crippen LogP contribution in [0.3, 0.4) is 0 Å². The highest BCUT2D eigenvalue weighted by Crippen LogP contribution is 2.33. The van der Waals surface area contributed by atoms with E-state index in [-0.39, 0.29) is 5.91 Å². The average molecular weight is 433 g/mol. The number of aromatic nitrogens is 1. The molecular weight excluding hydrogens is 408 g/mol. The van der Waals surface area contributed by atoms with Crippen molar-refractivity contribution >= 4 is 28.1 Å². The van der Waals surface area contributed by atoms with Gasteiger partial charge in [0.2, 0.25) is 0 Å². The van der Waals surface area contributed by atoms with E-state index in [4.69, 9.17) is 14.5 Å². The molecule has 0 atom stereocenters. The lowest BCUT2D eigenvalue weighted by Gasteiger charge is -2.19. The second-order valence-electron chi connectivity index (χ2n) is 7.33. The first-order valence-electron chi connectivity index (χ1n) is 9.92. The predicted octanol–water partition coefficient (Wildman–Crippen LogP) is 5.56. The number of aryl methyl sites for hydroxylation is 1. The number of fused-ring (bicyclic) bond motifs is 1. The molecule has 4 rings (SSSR count). The van der Waals surface area contributed by atoms with Gasteiger partial charge in [0.25, 0.3) is 5.91 Å². The third-order valence-corrected chi connectivity index (χ3v) is 6.33. The zero-order valence-corrected chi connectivity index (χ0v) is 18.8. The molecule has 158 valence electrons. The summed E-state index contributed by atoms with van der Waals surface area (Å²) in [6, 6.07) is 17.3. The molecule has 0 aliphatic heterocycles. The molecular formula is C25H24N2O3S. The number of para-hydroxylation sites is 1. The summed E-state index contributed by atoms with van der Waals surface area (Å²) in [5.74, 6) is 1.23. The van der Waals surface area contributed by atoms with Crippen LogP contribution in [0.5, 0.6) is 11.5 Å². The normalized spacial score (nSPS) is 10.8. The minimum absolute atomic E-state index is 0.0341. The van der Waals surface area contributed by atoms with Gasteiger partial charge >= 0.3 is 0 Å². The second-order valence-corrected chi connectivity index (χ2v) is 8.33.